The van der Waals surface area contributed by atoms with Crippen LogP contribution in [0.4, 0.5) is 0 Å². The summed E-state index contributed by atoms with van der Waals surface area (Å²) in [5.74, 6) is -4.31. The first-order valence-corrected chi connectivity index (χ1v) is 22.9. The molecule has 9 atom stereocenters. The standard InChI is InChI=1S/C12H22O35S8.8K.14H2O/c13-48(14,15)37-1-4-6(43-51(22,23)24)8(45-53(28,29)30)9(46-54(31,32)33)11(40-4)42-12(3-39-50(19,20)21)10(47-55(34,35)36)7(44-52(25,26)27)5(41-12)2-38-49(16,17)18;;;;;;;;;;;;;;;;;;;;;;/h4-11H,1-3H2,(H,13,14,15)(H,16,17,18)(H,19,20,21)(H,22,23,24)(H,25,26,27)(H,28,29,30)(H,31,32,33)(H,34,35,36);;;;;;;;;14*1H2/q;8*+1;;;;;;;;;;;;;;/p-8/t4-,5-,6-,7-,8+,9-,10+,11-,12+;;;;;;;;;;;;;;;;;;;;;;/m1....................../s1. The average molecular weight is 1540 g/mol. The van der Waals surface area contributed by atoms with E-state index in [-0.39, 0.29) is 488 Å². The molecule has 65 heteroatoms. The summed E-state index contributed by atoms with van der Waals surface area (Å²) in [7, 11) is -50.8. The zero-order valence-electron chi connectivity index (χ0n) is 39.8. The Morgan fingerprint density at radius 1 is 0.325 bits per heavy atom. The Morgan fingerprint density at radius 2 is 0.584 bits per heavy atom. The first-order valence-electron chi connectivity index (χ1n) is 12.2. The molecule has 0 saturated carbocycles. The van der Waals surface area contributed by atoms with Crippen molar-refractivity contribution in [1.82, 2.24) is 0 Å². The minimum absolute atomic E-state index is 0. The van der Waals surface area contributed by atoms with Crippen LogP contribution in [0.3, 0.4) is 0 Å². The van der Waals surface area contributed by atoms with Gasteiger partial charge in [-0.2, -0.15) is 0 Å². The molecule has 77 heavy (non-hydrogen) atoms. The van der Waals surface area contributed by atoms with Crippen LogP contribution in [0.1, 0.15) is 0 Å². The van der Waals surface area contributed by atoms with Gasteiger partial charge in [-0.25, -0.2) is 67.3 Å². The van der Waals surface area contributed by atoms with E-state index in [0.717, 1.165) is 0 Å². The molecule has 0 aromatic heterocycles. The molecule has 2 heterocycles. The Balaban J connectivity index is -0.0000000750. The van der Waals surface area contributed by atoms with Crippen molar-refractivity contribution >= 4 is 83.2 Å². The van der Waals surface area contributed by atoms with Gasteiger partial charge in [0, 0.05) is 0 Å². The van der Waals surface area contributed by atoms with E-state index in [9.17, 15) is 104 Å². The maximum absolute atomic E-state index is 11.7. The van der Waals surface area contributed by atoms with E-state index in [2.05, 4.69) is 33.5 Å². The first-order chi connectivity index (χ1) is 24.2. The number of hydrogen-bond acceptors (Lipinski definition) is 35. The maximum Gasteiger partial charge on any atom is 1.00 e. The largest absolute Gasteiger partial charge is 1.00 e. The van der Waals surface area contributed by atoms with Crippen molar-refractivity contribution in [3.05, 3.63) is 0 Å². The molecule has 0 aromatic rings. The monoisotopic (exact) mass is 1540 g/mol. The van der Waals surface area contributed by atoms with Crippen LogP contribution in [-0.2, 0) is 131 Å². The van der Waals surface area contributed by atoms with Crippen LogP contribution in [0.2, 0.25) is 0 Å². The van der Waals surface area contributed by atoms with Crippen molar-refractivity contribution in [2.75, 3.05) is 19.8 Å². The smallest absolute Gasteiger partial charge is 0.726 e. The van der Waals surface area contributed by atoms with Gasteiger partial charge in [-0.1, -0.05) is 0 Å². The van der Waals surface area contributed by atoms with Gasteiger partial charge in [0.1, 0.15) is 37.1 Å². The van der Waals surface area contributed by atoms with E-state index in [4.69, 9.17) is 14.2 Å². The Kier molecular flexibility index (Phi) is 118. The number of hydrogen-bond donors (Lipinski definition) is 0. The molecule has 0 aromatic carbocycles. The Hall–Kier alpha value is 11.4. The molecule has 0 aliphatic carbocycles. The average Bonchev–Trinajstić information content (AvgIpc) is 3.15. The van der Waals surface area contributed by atoms with Crippen LogP contribution in [-0.4, -0.2) is 255 Å². The number of rotatable bonds is 21. The quantitative estimate of drug-likeness (QED) is 0.0585. The van der Waals surface area contributed by atoms with E-state index >= 15 is 0 Å². The van der Waals surface area contributed by atoms with Crippen LogP contribution in [0.25, 0.3) is 0 Å². The van der Waals surface area contributed by atoms with Crippen molar-refractivity contribution in [3.8, 4) is 0 Å². The van der Waals surface area contributed by atoms with E-state index in [1.54, 1.807) is 0 Å². The molecule has 0 radical (unpaired) electrons. The first kappa shape index (κ1) is 149. The number of ether oxygens (including phenoxy) is 3. The summed E-state index contributed by atoms with van der Waals surface area (Å²) in [6, 6.07) is 0. The molecule has 2 rings (SSSR count). The van der Waals surface area contributed by atoms with Gasteiger partial charge >= 0.3 is 411 Å². The zero-order valence-corrected chi connectivity index (χ0v) is 71.3. The Morgan fingerprint density at radius 3 is 0.870 bits per heavy atom. The third-order valence-electron chi connectivity index (χ3n) is 5.65. The third-order valence-corrected chi connectivity index (χ3v) is 9.18. The molecule has 0 bridgehead atoms. The second-order valence-electron chi connectivity index (χ2n) is 9.49. The normalized spacial score (nSPS) is 21.9. The minimum atomic E-state index is -6.58. The summed E-state index contributed by atoms with van der Waals surface area (Å²) in [6.07, 6.45) is -27.5. The molecule has 2 aliphatic heterocycles. The molecule has 2 saturated heterocycles. The van der Waals surface area contributed by atoms with E-state index in [0.29, 0.717) is 0 Å². The summed E-state index contributed by atoms with van der Waals surface area (Å²) in [6.45, 7) is -6.74. The van der Waals surface area contributed by atoms with Crippen LogP contribution >= 0.6 is 0 Å². The molecule has 2 aliphatic rings. The van der Waals surface area contributed by atoms with Crippen molar-refractivity contribution in [2.24, 2.45) is 0 Å². The maximum atomic E-state index is 11.7. The molecule has 49 nitrogen and oxygen atoms in total. The van der Waals surface area contributed by atoms with Crippen LogP contribution < -0.4 is 411 Å². The van der Waals surface area contributed by atoms with E-state index < -0.39 is 158 Å². The summed E-state index contributed by atoms with van der Waals surface area (Å²) in [5.41, 5.74) is 0. The molecule has 0 unspecified atom stereocenters. The molecule has 2 fully saturated rings. The Bertz CT molecular complexity index is 2320. The van der Waals surface area contributed by atoms with Gasteiger partial charge in [-0.15, -0.1) is 0 Å². The fourth-order valence-electron chi connectivity index (χ4n) is 4.21. The zero-order chi connectivity index (χ0) is 43.0. The summed E-state index contributed by atoms with van der Waals surface area (Å²) in [5, 5.41) is 0. The van der Waals surface area contributed by atoms with Gasteiger partial charge in [-0.3, -0.25) is 33.5 Å². The molecule has 0 spiro atoms. The topological polar surface area (TPSA) is 1000 Å². The fourth-order valence-corrected chi connectivity index (χ4v) is 7.60. The van der Waals surface area contributed by atoms with Gasteiger partial charge in [0.15, 0.2) is 18.5 Å². The predicted molar refractivity (Wildman–Crippen MR) is 188 cm³/mol. The van der Waals surface area contributed by atoms with Crippen LogP contribution in [0.5, 0.6) is 0 Å². The molecular weight excluding hydrogens is 1500 g/mol. The summed E-state index contributed by atoms with van der Waals surface area (Å²) < 4.78 is 320. The molecule has 28 N–H and O–H groups in total. The van der Waals surface area contributed by atoms with E-state index in [1.165, 1.54) is 0 Å². The van der Waals surface area contributed by atoms with Crippen molar-refractivity contribution in [2.45, 2.75) is 54.8 Å². The second kappa shape index (κ2) is 61.0. The van der Waals surface area contributed by atoms with Crippen molar-refractivity contribution < 1.29 is 639 Å². The van der Waals surface area contributed by atoms with Crippen LogP contribution in [0, 0.1) is 0 Å². The molecule has 440 valence electrons. The molecule has 0 amide bonds. The fraction of sp³-hybridized carbons (Fsp3) is 1.00. The third kappa shape index (κ3) is 64.5. The Labute approximate surface area is 776 Å². The van der Waals surface area contributed by atoms with Crippen LogP contribution in [0.15, 0.2) is 0 Å². The van der Waals surface area contributed by atoms with Gasteiger partial charge in [0.2, 0.25) is 89.0 Å². The van der Waals surface area contributed by atoms with Gasteiger partial charge in [-0.05, 0) is 0 Å². The van der Waals surface area contributed by atoms with Gasteiger partial charge in [0.05, 0.1) is 13.2 Å². The molecular formula is C12H42K8O49S8. The van der Waals surface area contributed by atoms with Gasteiger partial charge in [0.25, 0.3) is 0 Å². The minimum Gasteiger partial charge on any atom is -0.726 e. The van der Waals surface area contributed by atoms with Gasteiger partial charge < -0.3 is 127 Å². The van der Waals surface area contributed by atoms with Crippen molar-refractivity contribution in [3.63, 3.8) is 0 Å². The SMILES string of the molecule is O.O.O.O.O.O.O.O.O.O.O.O.O.O.O=S(=O)([O-])OC[C@H]1O[C@@](COS(=O)(=O)[O-])(O[C@H]2O[C@H](COS(=O)(=O)[O-])[C@@H](OS(=O)(=O)[O-])[C@H](OS(=O)(=O)[O-])[C@H]2OS(=O)(=O)[O-])[C@@H](OS(=O)(=O)[O-])[C@@H]1OS(=O)(=O)[O-].[K+].[K+].[K+].[K+].[K+].[K+].[K+].[K+]. The summed E-state index contributed by atoms with van der Waals surface area (Å²) >= 11 is 0. The van der Waals surface area contributed by atoms with Crippen molar-refractivity contribution in [1.29, 1.82) is 0 Å². The summed E-state index contributed by atoms with van der Waals surface area (Å²) in [4.78, 5) is 0. The van der Waals surface area contributed by atoms with E-state index in [1.807, 2.05) is 0 Å². The predicted octanol–water partition coefficient (Wildman–Crippen LogP) is -45.0. The second-order valence-corrected chi connectivity index (χ2v) is 17.7.